The van der Waals surface area contributed by atoms with Gasteiger partial charge < -0.3 is 0 Å². The average molecular weight is 1050 g/mol. The van der Waals surface area contributed by atoms with E-state index in [1.165, 1.54) is 113 Å². The van der Waals surface area contributed by atoms with Gasteiger partial charge in [0.05, 0.1) is 0 Å². The summed E-state index contributed by atoms with van der Waals surface area (Å²) in [6.45, 7) is 0. The van der Waals surface area contributed by atoms with Crippen molar-refractivity contribution in [3.8, 4) is 0 Å². The molecule has 0 spiro atoms. The van der Waals surface area contributed by atoms with Crippen molar-refractivity contribution in [3.05, 3.63) is 23.7 Å². The van der Waals surface area contributed by atoms with Crippen LogP contribution in [0.25, 0.3) is 0 Å². The topological polar surface area (TPSA) is 0 Å². The average Bonchev–Trinajstić information content (AvgIpc) is 3.59. The van der Waals surface area contributed by atoms with E-state index < -0.39 is 0 Å². The summed E-state index contributed by atoms with van der Waals surface area (Å²) in [6, 6.07) is 0. The molecule has 0 saturated carbocycles. The first kappa shape index (κ1) is 40.3. The summed E-state index contributed by atoms with van der Waals surface area (Å²) in [7, 11) is 0. The van der Waals surface area contributed by atoms with Crippen LogP contribution in [0.1, 0.15) is 0 Å². The third-order valence-corrected chi connectivity index (χ3v) is 36.3. The van der Waals surface area contributed by atoms with E-state index in [9.17, 15) is 0 Å². The fourth-order valence-corrected chi connectivity index (χ4v) is 35.1. The summed E-state index contributed by atoms with van der Waals surface area (Å²) < 4.78 is 10.6. The Labute approximate surface area is 332 Å². The maximum absolute atomic E-state index is 2.23. The molecule has 0 N–H and O–H groups in total. The van der Waals surface area contributed by atoms with Crippen molar-refractivity contribution in [1.82, 2.24) is 0 Å². The molecule has 0 nitrogen and oxygen atoms in total. The Morgan fingerprint density at radius 2 is 0.452 bits per heavy atom. The minimum absolute atomic E-state index is 0.666. The van der Waals surface area contributed by atoms with Gasteiger partial charge in [0, 0.05) is 0 Å². The van der Waals surface area contributed by atoms with Crippen LogP contribution in [-0.4, -0.2) is 152 Å². The fourth-order valence-electron chi connectivity index (χ4n) is 3.36. The van der Waals surface area contributed by atoms with Gasteiger partial charge in [-0.15, -0.1) is 0 Å². The van der Waals surface area contributed by atoms with Gasteiger partial charge in [0.2, 0.25) is 0 Å². The Morgan fingerprint density at radius 1 is 0.262 bits per heavy atom. The van der Waals surface area contributed by atoms with Crippen molar-refractivity contribution >= 4 is 201 Å². The second kappa shape index (κ2) is 27.2. The predicted molar refractivity (Wildman–Crippen MR) is 232 cm³/mol. The zero-order valence-corrected chi connectivity index (χ0v) is 40.3. The number of thioether (sulfide) groups is 12. The molecule has 4 aliphatic heterocycles. The molecule has 42 heavy (non-hydrogen) atoms. The Kier molecular flexibility index (Phi) is 26.1. The molecule has 4 aliphatic rings. The van der Waals surface area contributed by atoms with Crippen molar-refractivity contribution in [2.24, 2.45) is 0 Å². The van der Waals surface area contributed by atoms with Crippen LogP contribution in [0.5, 0.6) is 0 Å². The van der Waals surface area contributed by atoms with Crippen LogP contribution >= 0.6 is 141 Å². The molecule has 0 aromatic heterocycles. The predicted octanol–water partition coefficient (Wildman–Crippen LogP) is 9.71. The molecule has 0 unspecified atom stereocenters. The second-order valence-corrected chi connectivity index (χ2v) is 34.4. The molecular weight excluding hydrogens is 1010 g/mol. The standard InChI is InChI=1S/C26H40S12Se4/c1-2-28-6-10-32-14-18-40-24-23(39-17-13-31-9-5-27-1)35-21(36-24)22-37-25-26(38-22)42-20-16-34-12-8-30-4-3-29-7-11-33-15-19-41-25/h1-20H2. The van der Waals surface area contributed by atoms with Gasteiger partial charge in [0.1, 0.15) is 0 Å². The Bertz CT molecular complexity index is 740. The van der Waals surface area contributed by atoms with E-state index in [1.807, 2.05) is 15.2 Å². The van der Waals surface area contributed by atoms with E-state index in [0.717, 1.165) is 0 Å². The molecule has 0 aliphatic carbocycles. The minimum atomic E-state index is 0.666. The third-order valence-electron chi connectivity index (χ3n) is 5.32. The summed E-state index contributed by atoms with van der Waals surface area (Å²) in [5, 5.41) is 5.69. The van der Waals surface area contributed by atoms with Gasteiger partial charge in [0.15, 0.2) is 0 Å². The van der Waals surface area contributed by atoms with Crippen LogP contribution in [-0.2, 0) is 0 Å². The molecule has 0 amide bonds. The molecule has 0 aromatic carbocycles. The molecule has 0 atom stereocenters. The van der Waals surface area contributed by atoms with Crippen LogP contribution < -0.4 is 0 Å². The van der Waals surface area contributed by atoms with E-state index in [2.05, 4.69) is 141 Å². The molecule has 0 saturated heterocycles. The van der Waals surface area contributed by atoms with Gasteiger partial charge in [-0.25, -0.2) is 0 Å². The monoisotopic (exact) mass is 1060 g/mol. The van der Waals surface area contributed by atoms with E-state index in [-0.39, 0.29) is 0 Å². The first-order valence-corrected chi connectivity index (χ1v) is 34.7. The van der Waals surface area contributed by atoms with Crippen molar-refractivity contribution in [2.45, 2.75) is 21.3 Å². The number of rotatable bonds is 0. The molecular formula is C26H40S12Se4. The number of hydrogen-bond donors (Lipinski definition) is 0. The fraction of sp³-hybridized carbons (Fsp3) is 0.769. The van der Waals surface area contributed by atoms with Crippen molar-refractivity contribution in [3.63, 3.8) is 0 Å². The van der Waals surface area contributed by atoms with E-state index >= 15 is 0 Å². The first-order valence-electron chi connectivity index (χ1n) is 14.0. The van der Waals surface area contributed by atoms with Gasteiger partial charge in [-0.3, -0.25) is 0 Å². The van der Waals surface area contributed by atoms with Gasteiger partial charge in [-0.05, 0) is 0 Å². The first-order chi connectivity index (χ1) is 20.9. The number of hydrogen-bond acceptors (Lipinski definition) is 12. The Hall–Kier alpha value is 5.50. The molecule has 0 fully saturated rings. The normalized spacial score (nSPS) is 25.7. The molecule has 4 rings (SSSR count). The summed E-state index contributed by atoms with van der Waals surface area (Å²) >= 11 is 29.1. The van der Waals surface area contributed by atoms with Gasteiger partial charge in [0.25, 0.3) is 0 Å². The molecule has 0 radical (unpaired) electrons. The van der Waals surface area contributed by atoms with E-state index in [0.29, 0.717) is 59.8 Å². The van der Waals surface area contributed by atoms with E-state index in [4.69, 9.17) is 0 Å². The van der Waals surface area contributed by atoms with Gasteiger partial charge in [-0.2, -0.15) is 0 Å². The van der Waals surface area contributed by atoms with Gasteiger partial charge >= 0.3 is 338 Å². The van der Waals surface area contributed by atoms with Crippen molar-refractivity contribution in [2.75, 3.05) is 92.0 Å². The summed E-state index contributed by atoms with van der Waals surface area (Å²) in [5.41, 5.74) is 0. The summed E-state index contributed by atoms with van der Waals surface area (Å²) in [4.78, 5) is 0. The van der Waals surface area contributed by atoms with Crippen LogP contribution in [0.15, 0.2) is 23.7 Å². The zero-order chi connectivity index (χ0) is 28.9. The van der Waals surface area contributed by atoms with E-state index in [1.54, 1.807) is 8.47 Å². The third kappa shape index (κ3) is 17.6. The van der Waals surface area contributed by atoms with Crippen molar-refractivity contribution in [1.29, 1.82) is 0 Å². The van der Waals surface area contributed by atoms with Crippen LogP contribution in [0.2, 0.25) is 21.3 Å². The molecule has 0 bridgehead atoms. The van der Waals surface area contributed by atoms with Crippen molar-refractivity contribution < 1.29 is 0 Å². The van der Waals surface area contributed by atoms with Crippen LogP contribution in [0.4, 0.5) is 0 Å². The Morgan fingerprint density at radius 3 is 0.667 bits per heavy atom. The maximum atomic E-state index is 2.23. The molecule has 4 heterocycles. The molecule has 16 heteroatoms. The Balaban J connectivity index is 1.32. The SMILES string of the molecule is C1CSCCSCC[Se]C2=C(SC(=C3SC4=C(S3)[Se]CCSCCSCCSCCSCC[Se]4)S2)[Se]CCSCCS1. The summed E-state index contributed by atoms with van der Waals surface area (Å²) in [6.07, 6.45) is 0. The van der Waals surface area contributed by atoms with Gasteiger partial charge in [-0.1, -0.05) is 0 Å². The molecule has 0 aromatic rings. The van der Waals surface area contributed by atoms with Crippen LogP contribution in [0.3, 0.4) is 0 Å². The quantitative estimate of drug-likeness (QED) is 0.212. The van der Waals surface area contributed by atoms with Crippen LogP contribution in [0, 0.1) is 0 Å². The zero-order valence-electron chi connectivity index (χ0n) is 23.7. The second-order valence-electron chi connectivity index (χ2n) is 8.43. The molecule has 240 valence electrons. The summed E-state index contributed by atoms with van der Waals surface area (Å²) in [5.74, 6) is 21.6.